The van der Waals surface area contributed by atoms with Gasteiger partial charge in [-0.2, -0.15) is 0 Å². The zero-order valence-electron chi connectivity index (χ0n) is 11.6. The van der Waals surface area contributed by atoms with Gasteiger partial charge in [-0.05, 0) is 44.7 Å². The molecule has 21 heavy (non-hydrogen) atoms. The Labute approximate surface area is 122 Å². The van der Waals surface area contributed by atoms with Gasteiger partial charge in [-0.15, -0.1) is 0 Å². The maximum atomic E-state index is 11.1. The highest BCUT2D eigenvalue weighted by Gasteiger charge is 2.11. The molecule has 0 aliphatic heterocycles. The molecule has 0 radical (unpaired) electrons. The molecule has 0 bridgehead atoms. The Bertz CT molecular complexity index is 922. The summed E-state index contributed by atoms with van der Waals surface area (Å²) in [6.07, 6.45) is 5.71. The van der Waals surface area contributed by atoms with Gasteiger partial charge in [0.15, 0.2) is 0 Å². The van der Waals surface area contributed by atoms with Crippen molar-refractivity contribution in [2.75, 3.05) is 0 Å². The summed E-state index contributed by atoms with van der Waals surface area (Å²) in [5, 5.41) is 5.00. The Morgan fingerprint density at radius 3 is 2.67 bits per heavy atom. The van der Waals surface area contributed by atoms with Crippen LogP contribution in [0.15, 0.2) is 48.5 Å². The predicted octanol–water partition coefficient (Wildman–Crippen LogP) is 3.59. The molecule has 102 valence electrons. The SMILES string of the molecule is NC(=O)Cc1ccc2c(ccc3c4c(ccc32)C=CC4)c1. The van der Waals surface area contributed by atoms with Crippen LogP contribution < -0.4 is 5.73 Å². The van der Waals surface area contributed by atoms with Crippen molar-refractivity contribution in [3.05, 3.63) is 65.2 Å². The van der Waals surface area contributed by atoms with Crippen LogP contribution in [0.25, 0.3) is 27.6 Å². The quantitative estimate of drug-likeness (QED) is 0.712. The highest BCUT2D eigenvalue weighted by molar-refractivity contribution is 6.09. The molecule has 0 saturated heterocycles. The zero-order chi connectivity index (χ0) is 14.4. The number of amides is 1. The van der Waals surface area contributed by atoms with Crippen molar-refractivity contribution < 1.29 is 4.79 Å². The number of benzene rings is 3. The Balaban J connectivity index is 1.96. The van der Waals surface area contributed by atoms with Crippen molar-refractivity contribution in [2.24, 2.45) is 5.73 Å². The molecule has 4 rings (SSSR count). The summed E-state index contributed by atoms with van der Waals surface area (Å²) >= 11 is 0. The first-order chi connectivity index (χ1) is 10.2. The Morgan fingerprint density at radius 2 is 1.81 bits per heavy atom. The van der Waals surface area contributed by atoms with E-state index in [2.05, 4.69) is 48.6 Å². The zero-order valence-corrected chi connectivity index (χ0v) is 11.6. The monoisotopic (exact) mass is 273 g/mol. The van der Waals surface area contributed by atoms with E-state index >= 15 is 0 Å². The van der Waals surface area contributed by atoms with Gasteiger partial charge in [0.2, 0.25) is 5.91 Å². The summed E-state index contributed by atoms with van der Waals surface area (Å²) in [7, 11) is 0. The minimum absolute atomic E-state index is 0.293. The van der Waals surface area contributed by atoms with Crippen LogP contribution in [-0.4, -0.2) is 5.91 Å². The lowest BCUT2D eigenvalue weighted by Crippen LogP contribution is -2.13. The number of hydrogen-bond acceptors (Lipinski definition) is 1. The number of hydrogen-bond donors (Lipinski definition) is 1. The second-order valence-electron chi connectivity index (χ2n) is 5.60. The summed E-state index contributed by atoms with van der Waals surface area (Å²) in [6.45, 7) is 0. The van der Waals surface area contributed by atoms with Crippen LogP contribution in [0, 0.1) is 0 Å². The fourth-order valence-electron chi connectivity index (χ4n) is 3.27. The molecular formula is C19H15NO. The van der Waals surface area contributed by atoms with Crippen molar-refractivity contribution in [3.63, 3.8) is 0 Å². The lowest BCUT2D eigenvalue weighted by atomic mass is 9.94. The molecule has 0 atom stereocenters. The largest absolute Gasteiger partial charge is 0.369 e. The number of rotatable bonds is 2. The fraction of sp³-hybridized carbons (Fsp3) is 0.105. The third-order valence-electron chi connectivity index (χ3n) is 4.23. The molecule has 3 aromatic rings. The van der Waals surface area contributed by atoms with Gasteiger partial charge in [0.1, 0.15) is 0 Å². The van der Waals surface area contributed by atoms with Gasteiger partial charge < -0.3 is 5.73 Å². The lowest BCUT2D eigenvalue weighted by Gasteiger charge is -2.10. The van der Waals surface area contributed by atoms with E-state index in [1.165, 1.54) is 27.3 Å². The second kappa shape index (κ2) is 4.45. The Hall–Kier alpha value is -2.61. The standard InChI is InChI=1S/C19H15NO/c20-19(21)11-12-4-7-16-14(10-12)6-9-17-15-3-1-2-13(15)5-8-18(16)17/h1-2,4-10H,3,11H2,(H2,20,21). The molecule has 0 aromatic heterocycles. The van der Waals surface area contributed by atoms with Crippen molar-refractivity contribution in [2.45, 2.75) is 12.8 Å². The van der Waals surface area contributed by atoms with Crippen molar-refractivity contribution >= 4 is 33.5 Å². The number of nitrogens with two attached hydrogens (primary N) is 1. The van der Waals surface area contributed by atoms with Crippen LogP contribution in [0.1, 0.15) is 16.7 Å². The predicted molar refractivity (Wildman–Crippen MR) is 87.1 cm³/mol. The van der Waals surface area contributed by atoms with Crippen molar-refractivity contribution in [1.29, 1.82) is 0 Å². The van der Waals surface area contributed by atoms with Gasteiger partial charge >= 0.3 is 0 Å². The van der Waals surface area contributed by atoms with Crippen LogP contribution in [0.5, 0.6) is 0 Å². The van der Waals surface area contributed by atoms with Gasteiger partial charge in [0, 0.05) is 0 Å². The highest BCUT2D eigenvalue weighted by atomic mass is 16.1. The van der Waals surface area contributed by atoms with Crippen LogP contribution in [0.4, 0.5) is 0 Å². The molecule has 1 aliphatic carbocycles. The number of primary amides is 1. The smallest absolute Gasteiger partial charge is 0.221 e. The molecule has 2 heteroatoms. The van der Waals surface area contributed by atoms with Crippen LogP contribution in [0.2, 0.25) is 0 Å². The van der Waals surface area contributed by atoms with Gasteiger partial charge in [-0.1, -0.05) is 54.6 Å². The third-order valence-corrected chi connectivity index (χ3v) is 4.23. The molecule has 0 heterocycles. The van der Waals surface area contributed by atoms with Crippen molar-refractivity contribution in [3.8, 4) is 0 Å². The number of carbonyl (C=O) groups is 1. The van der Waals surface area contributed by atoms with E-state index in [0.29, 0.717) is 6.42 Å². The first kappa shape index (κ1) is 12.2. The van der Waals surface area contributed by atoms with Gasteiger partial charge in [0.25, 0.3) is 0 Å². The van der Waals surface area contributed by atoms with Crippen LogP contribution >= 0.6 is 0 Å². The highest BCUT2D eigenvalue weighted by Crippen LogP contribution is 2.33. The summed E-state index contributed by atoms with van der Waals surface area (Å²) in [5.74, 6) is -0.293. The molecule has 1 amide bonds. The molecule has 2 nitrogen and oxygen atoms in total. The van der Waals surface area contributed by atoms with Crippen LogP contribution in [0.3, 0.4) is 0 Å². The van der Waals surface area contributed by atoms with Gasteiger partial charge in [0.05, 0.1) is 6.42 Å². The minimum atomic E-state index is -0.293. The average molecular weight is 273 g/mol. The molecule has 2 N–H and O–H groups in total. The number of fused-ring (bicyclic) bond motifs is 5. The topological polar surface area (TPSA) is 43.1 Å². The summed E-state index contributed by atoms with van der Waals surface area (Å²) in [4.78, 5) is 11.1. The average Bonchev–Trinajstić information content (AvgIpc) is 2.94. The van der Waals surface area contributed by atoms with E-state index in [1.807, 2.05) is 6.07 Å². The molecular weight excluding hydrogens is 258 g/mol. The fourth-order valence-corrected chi connectivity index (χ4v) is 3.27. The molecule has 3 aromatic carbocycles. The van der Waals surface area contributed by atoms with E-state index in [1.54, 1.807) is 0 Å². The number of carbonyl (C=O) groups excluding carboxylic acids is 1. The third kappa shape index (κ3) is 1.91. The number of allylic oxidation sites excluding steroid dienone is 1. The lowest BCUT2D eigenvalue weighted by molar-refractivity contribution is -0.117. The Morgan fingerprint density at radius 1 is 1.00 bits per heavy atom. The van der Waals surface area contributed by atoms with E-state index in [9.17, 15) is 4.79 Å². The van der Waals surface area contributed by atoms with Gasteiger partial charge in [-0.3, -0.25) is 4.79 Å². The summed E-state index contributed by atoms with van der Waals surface area (Å²) < 4.78 is 0. The van der Waals surface area contributed by atoms with E-state index in [4.69, 9.17) is 5.73 Å². The molecule has 1 aliphatic rings. The summed E-state index contributed by atoms with van der Waals surface area (Å²) in [5.41, 5.74) is 8.98. The second-order valence-corrected chi connectivity index (χ2v) is 5.60. The van der Waals surface area contributed by atoms with E-state index in [0.717, 1.165) is 17.4 Å². The normalized spacial score (nSPS) is 13.0. The first-order valence-corrected chi connectivity index (χ1v) is 7.14. The van der Waals surface area contributed by atoms with E-state index < -0.39 is 0 Å². The maximum absolute atomic E-state index is 11.1. The van der Waals surface area contributed by atoms with Crippen molar-refractivity contribution in [1.82, 2.24) is 0 Å². The molecule has 0 unspecified atom stereocenters. The summed E-state index contributed by atoms with van der Waals surface area (Å²) in [6, 6.07) is 14.9. The molecule has 0 spiro atoms. The van der Waals surface area contributed by atoms with Gasteiger partial charge in [-0.25, -0.2) is 0 Å². The minimum Gasteiger partial charge on any atom is -0.369 e. The Kier molecular flexibility index (Phi) is 2.58. The van der Waals surface area contributed by atoms with E-state index in [-0.39, 0.29) is 5.91 Å². The maximum Gasteiger partial charge on any atom is 0.221 e. The first-order valence-electron chi connectivity index (χ1n) is 7.14. The molecule has 0 saturated carbocycles. The molecule has 0 fully saturated rings. The van der Waals surface area contributed by atoms with Crippen LogP contribution in [-0.2, 0) is 17.6 Å².